The van der Waals surface area contributed by atoms with Gasteiger partial charge in [0.1, 0.15) is 0 Å². The van der Waals surface area contributed by atoms with Crippen LogP contribution >= 0.6 is 0 Å². The highest BCUT2D eigenvalue weighted by molar-refractivity contribution is 5.95. The fraction of sp³-hybridized carbons (Fsp3) is 0.500. The van der Waals surface area contributed by atoms with Crippen molar-refractivity contribution in [2.75, 3.05) is 13.1 Å². The molecule has 1 saturated heterocycles. The summed E-state index contributed by atoms with van der Waals surface area (Å²) in [5.74, 6) is 0.482. The second-order valence-electron chi connectivity index (χ2n) is 5.43. The lowest BCUT2D eigenvalue weighted by Crippen LogP contribution is -2.61. The summed E-state index contributed by atoms with van der Waals surface area (Å²) in [5, 5.41) is 9.60. The van der Waals surface area contributed by atoms with Crippen LogP contribution in [0.5, 0.6) is 0 Å². The second kappa shape index (κ2) is 4.15. The minimum atomic E-state index is -0.701. The zero-order valence-corrected chi connectivity index (χ0v) is 10.6. The van der Waals surface area contributed by atoms with Gasteiger partial charge in [-0.25, -0.2) is 0 Å². The molecule has 0 aromatic heterocycles. The minimum absolute atomic E-state index is 0.00633. The topological polar surface area (TPSA) is 40.5 Å². The molecule has 17 heavy (non-hydrogen) atoms. The number of nitrogens with zero attached hydrogens (tertiary/aromatic N) is 1. The molecule has 0 spiro atoms. The number of likely N-dealkylation sites (tertiary alicyclic amines) is 1. The third-order valence-corrected chi connectivity index (χ3v) is 3.17. The molecule has 0 radical (unpaired) electrons. The van der Waals surface area contributed by atoms with E-state index in [2.05, 4.69) is 13.8 Å². The van der Waals surface area contributed by atoms with Gasteiger partial charge in [-0.05, 0) is 30.5 Å². The monoisotopic (exact) mass is 233 g/mol. The van der Waals surface area contributed by atoms with Gasteiger partial charge in [0, 0.05) is 5.56 Å². The summed E-state index contributed by atoms with van der Waals surface area (Å²) in [4.78, 5) is 13.7. The van der Waals surface area contributed by atoms with E-state index in [1.165, 1.54) is 5.56 Å². The van der Waals surface area contributed by atoms with Gasteiger partial charge >= 0.3 is 0 Å². The molecule has 1 aliphatic rings. The number of hydrogen-bond acceptors (Lipinski definition) is 2. The number of carbonyl (C=O) groups is 1. The molecule has 1 amide bonds. The van der Waals surface area contributed by atoms with Crippen molar-refractivity contribution in [1.29, 1.82) is 0 Å². The summed E-state index contributed by atoms with van der Waals surface area (Å²) in [5.41, 5.74) is 1.23. The summed E-state index contributed by atoms with van der Waals surface area (Å²) in [6, 6.07) is 7.72. The van der Waals surface area contributed by atoms with Crippen LogP contribution in [0.15, 0.2) is 24.3 Å². The highest BCUT2D eigenvalue weighted by Gasteiger charge is 2.39. The van der Waals surface area contributed by atoms with Gasteiger partial charge in [0.2, 0.25) is 0 Å². The van der Waals surface area contributed by atoms with Crippen molar-refractivity contribution in [1.82, 2.24) is 4.90 Å². The van der Waals surface area contributed by atoms with Crippen molar-refractivity contribution in [3.63, 3.8) is 0 Å². The summed E-state index contributed by atoms with van der Waals surface area (Å²) in [7, 11) is 0. The number of benzene rings is 1. The van der Waals surface area contributed by atoms with Gasteiger partial charge in [0.25, 0.3) is 5.91 Å². The van der Waals surface area contributed by atoms with E-state index >= 15 is 0 Å². The van der Waals surface area contributed by atoms with Gasteiger partial charge in [-0.2, -0.15) is 0 Å². The lowest BCUT2D eigenvalue weighted by molar-refractivity contribution is -0.0668. The van der Waals surface area contributed by atoms with E-state index in [4.69, 9.17) is 0 Å². The predicted octanol–water partition coefficient (Wildman–Crippen LogP) is 2.02. The Morgan fingerprint density at radius 2 is 1.82 bits per heavy atom. The summed E-state index contributed by atoms with van der Waals surface area (Å²) < 4.78 is 0. The Bertz CT molecular complexity index is 412. The molecule has 0 saturated carbocycles. The average Bonchev–Trinajstić information content (AvgIpc) is 2.25. The largest absolute Gasteiger partial charge is 0.386 e. The molecular formula is C14H19NO2. The van der Waals surface area contributed by atoms with E-state index in [0.29, 0.717) is 24.6 Å². The molecule has 1 N–H and O–H groups in total. The Kier molecular flexibility index (Phi) is 2.96. The number of aliphatic hydroxyl groups is 1. The molecule has 0 unspecified atom stereocenters. The zero-order chi connectivity index (χ0) is 12.6. The van der Waals surface area contributed by atoms with Crippen molar-refractivity contribution < 1.29 is 9.90 Å². The summed E-state index contributed by atoms with van der Waals surface area (Å²) >= 11 is 0. The lowest BCUT2D eigenvalue weighted by Gasteiger charge is -2.44. The van der Waals surface area contributed by atoms with Crippen LogP contribution in [0.25, 0.3) is 0 Å². The molecule has 0 atom stereocenters. The molecule has 1 aliphatic heterocycles. The molecule has 92 valence electrons. The Morgan fingerprint density at radius 3 is 2.24 bits per heavy atom. The summed E-state index contributed by atoms with van der Waals surface area (Å²) in [6.07, 6.45) is 0. The minimum Gasteiger partial charge on any atom is -0.386 e. The smallest absolute Gasteiger partial charge is 0.254 e. The van der Waals surface area contributed by atoms with Crippen molar-refractivity contribution in [2.45, 2.75) is 32.3 Å². The third-order valence-electron chi connectivity index (χ3n) is 3.17. The van der Waals surface area contributed by atoms with Gasteiger partial charge in [-0.3, -0.25) is 4.79 Å². The Balaban J connectivity index is 2.06. The number of carbonyl (C=O) groups excluding carboxylic acids is 1. The quantitative estimate of drug-likeness (QED) is 0.849. The predicted molar refractivity (Wildman–Crippen MR) is 67.1 cm³/mol. The number of amides is 1. The maximum Gasteiger partial charge on any atom is 0.254 e. The Morgan fingerprint density at radius 1 is 1.29 bits per heavy atom. The van der Waals surface area contributed by atoms with Crippen LogP contribution in [0.2, 0.25) is 0 Å². The van der Waals surface area contributed by atoms with Crippen LogP contribution in [-0.4, -0.2) is 34.6 Å². The van der Waals surface area contributed by atoms with Crippen molar-refractivity contribution >= 4 is 5.91 Å². The fourth-order valence-corrected chi connectivity index (χ4v) is 2.11. The Labute approximate surface area is 102 Å². The van der Waals surface area contributed by atoms with Crippen LogP contribution in [0, 0.1) is 0 Å². The van der Waals surface area contributed by atoms with Gasteiger partial charge < -0.3 is 10.0 Å². The lowest BCUT2D eigenvalue weighted by atomic mass is 9.95. The maximum absolute atomic E-state index is 12.0. The first-order chi connectivity index (χ1) is 7.89. The second-order valence-corrected chi connectivity index (χ2v) is 5.43. The van der Waals surface area contributed by atoms with Gasteiger partial charge in [-0.1, -0.05) is 26.0 Å². The molecule has 1 aromatic carbocycles. The van der Waals surface area contributed by atoms with Crippen molar-refractivity contribution in [3.8, 4) is 0 Å². The van der Waals surface area contributed by atoms with E-state index < -0.39 is 5.60 Å². The van der Waals surface area contributed by atoms with E-state index in [1.807, 2.05) is 24.3 Å². The number of β-amino-alcohol motifs (C(OH)–C–C–N with tert-alkyl or cyclic N) is 1. The molecule has 3 heteroatoms. The van der Waals surface area contributed by atoms with E-state index in [9.17, 15) is 9.90 Å². The van der Waals surface area contributed by atoms with Crippen molar-refractivity contribution in [3.05, 3.63) is 35.4 Å². The first-order valence-electron chi connectivity index (χ1n) is 6.01. The SMILES string of the molecule is CC(C)c1ccc(C(=O)N2CC(C)(O)C2)cc1. The van der Waals surface area contributed by atoms with Gasteiger partial charge in [0.15, 0.2) is 0 Å². The number of rotatable bonds is 2. The molecule has 0 bridgehead atoms. The standard InChI is InChI=1S/C14H19NO2/c1-10(2)11-4-6-12(7-5-11)13(16)15-8-14(3,17)9-15/h4-7,10,17H,8-9H2,1-3H3. The molecule has 2 rings (SSSR count). The van der Waals surface area contributed by atoms with E-state index in [0.717, 1.165) is 0 Å². The van der Waals surface area contributed by atoms with Crippen LogP contribution < -0.4 is 0 Å². The molecule has 1 heterocycles. The molecule has 1 aromatic rings. The zero-order valence-electron chi connectivity index (χ0n) is 10.6. The van der Waals surface area contributed by atoms with Crippen LogP contribution in [0.4, 0.5) is 0 Å². The normalized spacial score (nSPS) is 18.1. The van der Waals surface area contributed by atoms with Crippen LogP contribution in [0.3, 0.4) is 0 Å². The third kappa shape index (κ3) is 2.50. The highest BCUT2D eigenvalue weighted by atomic mass is 16.3. The average molecular weight is 233 g/mol. The maximum atomic E-state index is 12.0. The van der Waals surface area contributed by atoms with Gasteiger partial charge in [-0.15, -0.1) is 0 Å². The van der Waals surface area contributed by atoms with Crippen LogP contribution in [0.1, 0.15) is 42.6 Å². The van der Waals surface area contributed by atoms with Gasteiger partial charge in [0.05, 0.1) is 18.7 Å². The molecule has 1 fully saturated rings. The van der Waals surface area contributed by atoms with E-state index in [1.54, 1.807) is 11.8 Å². The Hall–Kier alpha value is -1.35. The van der Waals surface area contributed by atoms with E-state index in [-0.39, 0.29) is 5.91 Å². The highest BCUT2D eigenvalue weighted by Crippen LogP contribution is 2.23. The molecular weight excluding hydrogens is 214 g/mol. The summed E-state index contributed by atoms with van der Waals surface area (Å²) in [6.45, 7) is 6.86. The van der Waals surface area contributed by atoms with Crippen LogP contribution in [-0.2, 0) is 0 Å². The number of hydrogen-bond donors (Lipinski definition) is 1. The molecule has 0 aliphatic carbocycles. The fourth-order valence-electron chi connectivity index (χ4n) is 2.11. The molecule has 3 nitrogen and oxygen atoms in total. The van der Waals surface area contributed by atoms with Crippen molar-refractivity contribution in [2.24, 2.45) is 0 Å². The first-order valence-corrected chi connectivity index (χ1v) is 6.01. The first kappa shape index (κ1) is 12.1.